The summed E-state index contributed by atoms with van der Waals surface area (Å²) in [5, 5.41) is 2.71. The topological polar surface area (TPSA) is 32.3 Å². The van der Waals surface area contributed by atoms with Gasteiger partial charge in [0.2, 0.25) is 0 Å². The number of alkyl halides is 3. The van der Waals surface area contributed by atoms with E-state index in [2.05, 4.69) is 10.2 Å². The van der Waals surface area contributed by atoms with Crippen LogP contribution in [-0.4, -0.2) is 19.0 Å². The molecular formula is C22H25F3N2O. The summed E-state index contributed by atoms with van der Waals surface area (Å²) >= 11 is 0. The predicted molar refractivity (Wildman–Crippen MR) is 106 cm³/mol. The van der Waals surface area contributed by atoms with E-state index in [1.807, 2.05) is 0 Å². The SMILES string of the molecule is O=C(Nc1cc(C(F)(F)F)ccc1N1CCCCCCCC1)c1ccccc1. The average molecular weight is 390 g/mol. The summed E-state index contributed by atoms with van der Waals surface area (Å²) in [5.41, 5.74) is 0.515. The molecule has 1 aliphatic rings. The number of rotatable bonds is 3. The molecule has 3 rings (SSSR count). The zero-order valence-corrected chi connectivity index (χ0v) is 15.8. The van der Waals surface area contributed by atoms with Crippen molar-refractivity contribution in [2.75, 3.05) is 23.3 Å². The van der Waals surface area contributed by atoms with Crippen molar-refractivity contribution < 1.29 is 18.0 Å². The van der Waals surface area contributed by atoms with Gasteiger partial charge in [-0.15, -0.1) is 0 Å². The normalized spacial score (nSPS) is 16.0. The van der Waals surface area contributed by atoms with Crippen LogP contribution in [-0.2, 0) is 6.18 Å². The Hall–Kier alpha value is -2.50. The molecule has 2 aromatic carbocycles. The molecule has 0 aromatic heterocycles. The Morgan fingerprint density at radius 1 is 0.857 bits per heavy atom. The van der Waals surface area contributed by atoms with Crippen LogP contribution in [0.1, 0.15) is 54.4 Å². The number of amides is 1. The molecule has 1 amide bonds. The van der Waals surface area contributed by atoms with E-state index in [1.54, 1.807) is 30.3 Å². The van der Waals surface area contributed by atoms with Crippen molar-refractivity contribution in [1.82, 2.24) is 0 Å². The van der Waals surface area contributed by atoms with Gasteiger partial charge in [-0.25, -0.2) is 0 Å². The van der Waals surface area contributed by atoms with E-state index in [4.69, 9.17) is 0 Å². The first kappa shape index (κ1) is 20.2. The molecule has 6 heteroatoms. The Balaban J connectivity index is 1.92. The lowest BCUT2D eigenvalue weighted by Gasteiger charge is -2.27. The summed E-state index contributed by atoms with van der Waals surface area (Å²) in [5.74, 6) is -0.412. The highest BCUT2D eigenvalue weighted by Gasteiger charge is 2.31. The van der Waals surface area contributed by atoms with E-state index in [9.17, 15) is 18.0 Å². The van der Waals surface area contributed by atoms with Crippen LogP contribution in [0.25, 0.3) is 0 Å². The molecule has 0 radical (unpaired) electrons. The van der Waals surface area contributed by atoms with Crippen LogP contribution in [0.4, 0.5) is 24.5 Å². The molecule has 1 heterocycles. The fourth-order valence-electron chi connectivity index (χ4n) is 3.54. The summed E-state index contributed by atoms with van der Waals surface area (Å²) in [6.45, 7) is 1.55. The second kappa shape index (κ2) is 9.13. The number of nitrogens with zero attached hydrogens (tertiary/aromatic N) is 1. The Kier molecular flexibility index (Phi) is 6.60. The Morgan fingerprint density at radius 2 is 1.46 bits per heavy atom. The van der Waals surface area contributed by atoms with Gasteiger partial charge in [-0.1, -0.05) is 43.9 Å². The minimum atomic E-state index is -4.46. The van der Waals surface area contributed by atoms with Crippen molar-refractivity contribution in [1.29, 1.82) is 0 Å². The number of halogens is 3. The highest BCUT2D eigenvalue weighted by Crippen LogP contribution is 2.36. The lowest BCUT2D eigenvalue weighted by atomic mass is 10.1. The smallest absolute Gasteiger partial charge is 0.370 e. The zero-order chi connectivity index (χ0) is 20.0. The van der Waals surface area contributed by atoms with Crippen LogP contribution in [0.5, 0.6) is 0 Å². The summed E-state index contributed by atoms with van der Waals surface area (Å²) in [4.78, 5) is 14.7. The maximum atomic E-state index is 13.2. The maximum Gasteiger partial charge on any atom is 0.416 e. The largest absolute Gasteiger partial charge is 0.416 e. The lowest BCUT2D eigenvalue weighted by Crippen LogP contribution is -2.27. The van der Waals surface area contributed by atoms with Crippen LogP contribution in [0.2, 0.25) is 0 Å². The standard InChI is InChI=1S/C22H25F3N2O/c23-22(24,25)18-12-13-20(27-14-8-3-1-2-4-9-15-27)19(16-18)26-21(28)17-10-6-5-7-11-17/h5-7,10-13,16H,1-4,8-9,14-15H2,(H,26,28). The molecule has 1 saturated heterocycles. The summed E-state index contributed by atoms with van der Waals surface area (Å²) < 4.78 is 39.7. The van der Waals surface area contributed by atoms with Gasteiger partial charge < -0.3 is 10.2 Å². The first-order valence-electron chi connectivity index (χ1n) is 9.78. The number of carbonyl (C=O) groups excluding carboxylic acids is 1. The molecule has 2 aromatic rings. The van der Waals surface area contributed by atoms with Crippen molar-refractivity contribution in [3.05, 3.63) is 59.7 Å². The van der Waals surface area contributed by atoms with E-state index in [-0.39, 0.29) is 5.69 Å². The molecule has 28 heavy (non-hydrogen) atoms. The molecule has 1 fully saturated rings. The average Bonchev–Trinajstić information content (AvgIpc) is 2.82. The number of hydrogen-bond donors (Lipinski definition) is 1. The van der Waals surface area contributed by atoms with Crippen molar-refractivity contribution in [3.63, 3.8) is 0 Å². The van der Waals surface area contributed by atoms with Crippen molar-refractivity contribution in [3.8, 4) is 0 Å². The van der Waals surface area contributed by atoms with Crippen molar-refractivity contribution >= 4 is 17.3 Å². The van der Waals surface area contributed by atoms with Gasteiger partial charge in [-0.05, 0) is 43.2 Å². The third kappa shape index (κ3) is 5.27. The summed E-state index contributed by atoms with van der Waals surface area (Å²) in [6, 6.07) is 12.2. The fraction of sp³-hybridized carbons (Fsp3) is 0.409. The van der Waals surface area contributed by atoms with Gasteiger partial charge in [0, 0.05) is 18.7 Å². The Bertz CT molecular complexity index is 780. The number of benzene rings is 2. The fourth-order valence-corrected chi connectivity index (χ4v) is 3.54. The Labute approximate surface area is 163 Å². The highest BCUT2D eigenvalue weighted by atomic mass is 19.4. The van der Waals surface area contributed by atoms with Crippen LogP contribution in [0.3, 0.4) is 0 Å². The quantitative estimate of drug-likeness (QED) is 0.685. The Morgan fingerprint density at radius 3 is 2.07 bits per heavy atom. The molecule has 1 aliphatic heterocycles. The van der Waals surface area contributed by atoms with Crippen LogP contribution in [0, 0.1) is 0 Å². The summed E-state index contributed by atoms with van der Waals surface area (Å²) in [6.07, 6.45) is 2.14. The molecule has 3 nitrogen and oxygen atoms in total. The van der Waals surface area contributed by atoms with Gasteiger partial charge in [0.05, 0.1) is 16.9 Å². The molecule has 150 valence electrons. The molecule has 0 atom stereocenters. The molecule has 0 aliphatic carbocycles. The predicted octanol–water partition coefficient (Wildman–Crippen LogP) is 6.12. The third-order valence-electron chi connectivity index (χ3n) is 5.05. The third-order valence-corrected chi connectivity index (χ3v) is 5.05. The number of nitrogens with one attached hydrogen (secondary N) is 1. The first-order valence-corrected chi connectivity index (χ1v) is 9.78. The van der Waals surface area contributed by atoms with Gasteiger partial charge in [0.1, 0.15) is 0 Å². The lowest BCUT2D eigenvalue weighted by molar-refractivity contribution is -0.137. The second-order valence-electron chi connectivity index (χ2n) is 7.16. The summed E-state index contributed by atoms with van der Waals surface area (Å²) in [7, 11) is 0. The molecule has 0 unspecified atom stereocenters. The highest BCUT2D eigenvalue weighted by molar-refractivity contribution is 6.06. The molecule has 0 spiro atoms. The van der Waals surface area contributed by atoms with Gasteiger partial charge in [0.25, 0.3) is 5.91 Å². The maximum absolute atomic E-state index is 13.2. The monoisotopic (exact) mass is 390 g/mol. The van der Waals surface area contributed by atoms with E-state index >= 15 is 0 Å². The molecule has 1 N–H and O–H groups in total. The molecule has 0 saturated carbocycles. The van der Waals surface area contributed by atoms with E-state index in [1.165, 1.54) is 18.9 Å². The van der Waals surface area contributed by atoms with Crippen LogP contribution < -0.4 is 10.2 Å². The second-order valence-corrected chi connectivity index (χ2v) is 7.16. The number of hydrogen-bond acceptors (Lipinski definition) is 2. The van der Waals surface area contributed by atoms with E-state index in [0.29, 0.717) is 11.3 Å². The van der Waals surface area contributed by atoms with Crippen molar-refractivity contribution in [2.24, 2.45) is 0 Å². The van der Waals surface area contributed by atoms with Crippen LogP contribution >= 0.6 is 0 Å². The number of anilines is 2. The van der Waals surface area contributed by atoms with E-state index < -0.39 is 17.6 Å². The first-order chi connectivity index (χ1) is 13.4. The van der Waals surface area contributed by atoms with Gasteiger partial charge >= 0.3 is 6.18 Å². The van der Waals surface area contributed by atoms with Crippen LogP contribution in [0.15, 0.2) is 48.5 Å². The molecule has 0 bridgehead atoms. The minimum Gasteiger partial charge on any atom is -0.370 e. The van der Waals surface area contributed by atoms with E-state index in [0.717, 1.165) is 50.9 Å². The van der Waals surface area contributed by atoms with Gasteiger partial charge in [0.15, 0.2) is 0 Å². The minimum absolute atomic E-state index is 0.211. The number of carbonyl (C=O) groups is 1. The van der Waals surface area contributed by atoms with Gasteiger partial charge in [-0.2, -0.15) is 13.2 Å². The van der Waals surface area contributed by atoms with Gasteiger partial charge in [-0.3, -0.25) is 4.79 Å². The zero-order valence-electron chi connectivity index (χ0n) is 15.8. The molecular weight excluding hydrogens is 365 g/mol. The van der Waals surface area contributed by atoms with Crippen molar-refractivity contribution in [2.45, 2.75) is 44.7 Å².